The standard InChI is InChI=1S/C6H7Cl3O2/c7-6(8,9)3-5-4-10-1-2-11-5/h3H,1-2,4H2. The van der Waals surface area contributed by atoms with Gasteiger partial charge in [-0.15, -0.1) is 0 Å². The summed E-state index contributed by atoms with van der Waals surface area (Å²) < 4.78 is 8.80. The molecule has 0 bridgehead atoms. The van der Waals surface area contributed by atoms with Gasteiger partial charge in [0.25, 0.3) is 0 Å². The van der Waals surface area contributed by atoms with Crippen molar-refractivity contribution in [3.8, 4) is 0 Å². The van der Waals surface area contributed by atoms with Crippen molar-refractivity contribution in [1.82, 2.24) is 0 Å². The maximum absolute atomic E-state index is 5.49. The Morgan fingerprint density at radius 3 is 2.45 bits per heavy atom. The summed E-state index contributed by atoms with van der Waals surface area (Å²) in [5, 5.41) is 0. The second-order valence-corrected chi connectivity index (χ2v) is 4.42. The molecule has 11 heavy (non-hydrogen) atoms. The minimum Gasteiger partial charge on any atom is -0.493 e. The molecule has 1 fully saturated rings. The van der Waals surface area contributed by atoms with Crippen molar-refractivity contribution >= 4 is 34.8 Å². The average molecular weight is 217 g/mol. The van der Waals surface area contributed by atoms with Crippen LogP contribution < -0.4 is 0 Å². The van der Waals surface area contributed by atoms with Gasteiger partial charge in [0, 0.05) is 6.08 Å². The molecule has 2 nitrogen and oxygen atoms in total. The van der Waals surface area contributed by atoms with E-state index in [-0.39, 0.29) is 0 Å². The Balaban J connectivity index is 2.50. The maximum atomic E-state index is 5.49. The maximum Gasteiger partial charge on any atom is 0.212 e. The number of rotatable bonds is 0. The van der Waals surface area contributed by atoms with Crippen LogP contribution in [0.2, 0.25) is 0 Å². The van der Waals surface area contributed by atoms with Gasteiger partial charge in [0.2, 0.25) is 3.79 Å². The Morgan fingerprint density at radius 2 is 2.00 bits per heavy atom. The van der Waals surface area contributed by atoms with Crippen LogP contribution in [0, 0.1) is 0 Å². The van der Waals surface area contributed by atoms with Gasteiger partial charge < -0.3 is 9.47 Å². The number of hydrogen-bond acceptors (Lipinski definition) is 2. The van der Waals surface area contributed by atoms with E-state index in [0.29, 0.717) is 25.6 Å². The minimum atomic E-state index is -1.39. The second-order valence-electron chi connectivity index (χ2n) is 2.05. The number of halogens is 3. The van der Waals surface area contributed by atoms with Crippen molar-refractivity contribution in [1.29, 1.82) is 0 Å². The summed E-state index contributed by atoms with van der Waals surface area (Å²) >= 11 is 16.5. The first-order valence-electron chi connectivity index (χ1n) is 3.07. The SMILES string of the molecule is ClC(Cl)(Cl)C=C1COCCO1. The van der Waals surface area contributed by atoms with E-state index in [2.05, 4.69) is 0 Å². The van der Waals surface area contributed by atoms with Gasteiger partial charge in [0.05, 0.1) is 6.61 Å². The summed E-state index contributed by atoms with van der Waals surface area (Å²) in [6.07, 6.45) is 1.41. The first-order valence-corrected chi connectivity index (χ1v) is 4.20. The molecule has 0 radical (unpaired) electrons. The molecule has 0 aromatic rings. The molecule has 1 aliphatic rings. The normalized spacial score (nSPS) is 23.4. The highest BCUT2D eigenvalue weighted by Crippen LogP contribution is 2.29. The fraction of sp³-hybridized carbons (Fsp3) is 0.667. The fourth-order valence-electron chi connectivity index (χ4n) is 0.712. The molecule has 0 atom stereocenters. The summed E-state index contributed by atoms with van der Waals surface area (Å²) in [6.45, 7) is 1.50. The van der Waals surface area contributed by atoms with Crippen molar-refractivity contribution in [3.63, 3.8) is 0 Å². The molecule has 1 rings (SSSR count). The van der Waals surface area contributed by atoms with Crippen LogP contribution in [0.3, 0.4) is 0 Å². The van der Waals surface area contributed by atoms with Gasteiger partial charge in [-0.05, 0) is 0 Å². The highest BCUT2D eigenvalue weighted by molar-refractivity contribution is 6.68. The van der Waals surface area contributed by atoms with Crippen LogP contribution in [0.5, 0.6) is 0 Å². The van der Waals surface area contributed by atoms with Gasteiger partial charge in [0.1, 0.15) is 19.0 Å². The molecule has 0 N–H and O–H groups in total. The lowest BCUT2D eigenvalue weighted by molar-refractivity contribution is 0.0130. The Morgan fingerprint density at radius 1 is 1.27 bits per heavy atom. The van der Waals surface area contributed by atoms with Crippen molar-refractivity contribution in [3.05, 3.63) is 11.8 Å². The predicted molar refractivity (Wildman–Crippen MR) is 45.1 cm³/mol. The minimum absolute atomic E-state index is 0.383. The molecule has 0 amide bonds. The monoisotopic (exact) mass is 216 g/mol. The first kappa shape index (κ1) is 9.46. The molecule has 1 saturated heterocycles. The van der Waals surface area contributed by atoms with Gasteiger partial charge in [0.15, 0.2) is 0 Å². The molecule has 1 aliphatic heterocycles. The lowest BCUT2D eigenvalue weighted by Crippen LogP contribution is -2.17. The Bertz CT molecular complexity index is 154. The zero-order chi connectivity index (χ0) is 8.32. The van der Waals surface area contributed by atoms with E-state index in [1.807, 2.05) is 0 Å². The van der Waals surface area contributed by atoms with Crippen molar-refractivity contribution in [2.75, 3.05) is 19.8 Å². The van der Waals surface area contributed by atoms with Gasteiger partial charge in [-0.3, -0.25) is 0 Å². The molecule has 64 valence electrons. The average Bonchev–Trinajstić information content (AvgIpc) is 1.85. The first-order chi connectivity index (χ1) is 5.08. The van der Waals surface area contributed by atoms with E-state index in [9.17, 15) is 0 Å². The third-order valence-electron chi connectivity index (χ3n) is 1.08. The number of hydrogen-bond donors (Lipinski definition) is 0. The summed E-state index contributed by atoms with van der Waals surface area (Å²) in [5.41, 5.74) is 0. The van der Waals surface area contributed by atoms with Crippen LogP contribution in [0.15, 0.2) is 11.8 Å². The van der Waals surface area contributed by atoms with E-state index in [1.54, 1.807) is 0 Å². The van der Waals surface area contributed by atoms with Crippen LogP contribution in [-0.2, 0) is 9.47 Å². The molecule has 0 unspecified atom stereocenters. The number of allylic oxidation sites excluding steroid dienone is 1. The number of ether oxygens (including phenoxy) is 2. The lowest BCUT2D eigenvalue weighted by atomic mass is 10.4. The summed E-state index contributed by atoms with van der Waals surface area (Å²) in [7, 11) is 0. The summed E-state index contributed by atoms with van der Waals surface area (Å²) in [5.74, 6) is 0.580. The van der Waals surface area contributed by atoms with E-state index in [1.165, 1.54) is 6.08 Å². The molecule has 0 spiro atoms. The Kier molecular flexibility index (Phi) is 3.31. The van der Waals surface area contributed by atoms with E-state index in [0.717, 1.165) is 0 Å². The highest BCUT2D eigenvalue weighted by atomic mass is 35.6. The molecular weight excluding hydrogens is 210 g/mol. The van der Waals surface area contributed by atoms with Crippen LogP contribution in [0.1, 0.15) is 0 Å². The second kappa shape index (κ2) is 3.85. The van der Waals surface area contributed by atoms with Gasteiger partial charge in [-0.25, -0.2) is 0 Å². The zero-order valence-electron chi connectivity index (χ0n) is 5.65. The zero-order valence-corrected chi connectivity index (χ0v) is 7.92. The van der Waals surface area contributed by atoms with Crippen LogP contribution in [0.25, 0.3) is 0 Å². The topological polar surface area (TPSA) is 18.5 Å². The fourth-order valence-corrected chi connectivity index (χ4v) is 1.08. The van der Waals surface area contributed by atoms with Gasteiger partial charge in [-0.1, -0.05) is 34.8 Å². The summed E-state index contributed by atoms with van der Waals surface area (Å²) in [4.78, 5) is 0. The predicted octanol–water partition coefficient (Wildman–Crippen LogP) is 2.29. The van der Waals surface area contributed by atoms with Crippen molar-refractivity contribution in [2.45, 2.75) is 3.79 Å². The molecule has 0 aliphatic carbocycles. The van der Waals surface area contributed by atoms with E-state index >= 15 is 0 Å². The summed E-state index contributed by atoms with van der Waals surface area (Å²) in [6, 6.07) is 0. The van der Waals surface area contributed by atoms with Crippen molar-refractivity contribution in [2.24, 2.45) is 0 Å². The largest absolute Gasteiger partial charge is 0.493 e. The molecule has 0 saturated carbocycles. The highest BCUT2D eigenvalue weighted by Gasteiger charge is 2.19. The van der Waals surface area contributed by atoms with Crippen molar-refractivity contribution < 1.29 is 9.47 Å². The van der Waals surface area contributed by atoms with Gasteiger partial charge >= 0.3 is 0 Å². The number of alkyl halides is 3. The molecule has 1 heterocycles. The Hall–Kier alpha value is 0.370. The lowest BCUT2D eigenvalue weighted by Gasteiger charge is -2.18. The van der Waals surface area contributed by atoms with Crippen LogP contribution in [0.4, 0.5) is 0 Å². The molecule has 0 aromatic heterocycles. The molecule has 5 heteroatoms. The van der Waals surface area contributed by atoms with Crippen LogP contribution in [-0.4, -0.2) is 23.6 Å². The van der Waals surface area contributed by atoms with E-state index < -0.39 is 3.79 Å². The van der Waals surface area contributed by atoms with E-state index in [4.69, 9.17) is 44.3 Å². The third kappa shape index (κ3) is 4.06. The quantitative estimate of drug-likeness (QED) is 0.580. The third-order valence-corrected chi connectivity index (χ3v) is 1.41. The van der Waals surface area contributed by atoms with Gasteiger partial charge in [-0.2, -0.15) is 0 Å². The Labute approximate surface area is 80.0 Å². The molecule has 0 aromatic carbocycles. The molecular formula is C6H7Cl3O2. The smallest absolute Gasteiger partial charge is 0.212 e. The van der Waals surface area contributed by atoms with Crippen LogP contribution >= 0.6 is 34.8 Å².